The average molecular weight is 277 g/mol. The van der Waals surface area contributed by atoms with Crippen molar-refractivity contribution >= 4 is 11.8 Å². The van der Waals surface area contributed by atoms with Crippen LogP contribution in [-0.4, -0.2) is 26.6 Å². The zero-order valence-electron chi connectivity index (χ0n) is 12.2. The number of aromatic nitrogens is 2. The third-order valence-electron chi connectivity index (χ3n) is 4.00. The summed E-state index contributed by atoms with van der Waals surface area (Å²) in [5.74, 6) is 0.268. The van der Waals surface area contributed by atoms with Crippen molar-refractivity contribution in [3.8, 4) is 0 Å². The first-order valence-electron chi connectivity index (χ1n) is 7.38. The maximum absolute atomic E-state index is 11.7. The number of hydrogen-bond acceptors (Lipinski definition) is 4. The Morgan fingerprint density at radius 2 is 2.35 bits per heavy atom. The summed E-state index contributed by atoms with van der Waals surface area (Å²) in [6.45, 7) is 4.21. The lowest BCUT2D eigenvalue weighted by Crippen LogP contribution is -2.49. The van der Waals surface area contributed by atoms with Gasteiger partial charge in [-0.3, -0.25) is 0 Å². The largest absolute Gasteiger partial charge is 0.480 e. The van der Waals surface area contributed by atoms with Crippen LogP contribution in [0.1, 0.15) is 51.6 Å². The highest BCUT2D eigenvalue weighted by Crippen LogP contribution is 2.35. The van der Waals surface area contributed by atoms with E-state index in [1.54, 1.807) is 0 Å². The van der Waals surface area contributed by atoms with E-state index < -0.39 is 11.5 Å². The van der Waals surface area contributed by atoms with E-state index in [1.165, 1.54) is 6.33 Å². The van der Waals surface area contributed by atoms with Gasteiger partial charge in [0.15, 0.2) is 0 Å². The van der Waals surface area contributed by atoms with Crippen LogP contribution < -0.4 is 5.32 Å². The van der Waals surface area contributed by atoms with Crippen molar-refractivity contribution in [2.75, 3.05) is 5.32 Å². The van der Waals surface area contributed by atoms with Gasteiger partial charge in [0.1, 0.15) is 17.7 Å². The Morgan fingerprint density at radius 3 is 3.00 bits per heavy atom. The molecule has 0 saturated heterocycles. The summed E-state index contributed by atoms with van der Waals surface area (Å²) in [6.07, 6.45) is 6.74. The fraction of sp³-hybridized carbons (Fsp3) is 0.667. The summed E-state index contributed by atoms with van der Waals surface area (Å²) in [7, 11) is 0. The summed E-state index contributed by atoms with van der Waals surface area (Å²) < 4.78 is 0. The molecular weight excluding hydrogens is 254 g/mol. The third kappa shape index (κ3) is 3.26. The highest BCUT2D eigenvalue weighted by molar-refractivity contribution is 5.82. The molecule has 5 nitrogen and oxygen atoms in total. The molecule has 1 aromatic rings. The zero-order valence-corrected chi connectivity index (χ0v) is 12.2. The second kappa shape index (κ2) is 6.20. The van der Waals surface area contributed by atoms with Gasteiger partial charge in [-0.25, -0.2) is 14.8 Å². The van der Waals surface area contributed by atoms with Crippen LogP contribution >= 0.6 is 0 Å². The van der Waals surface area contributed by atoms with Crippen molar-refractivity contribution in [3.63, 3.8) is 0 Å². The van der Waals surface area contributed by atoms with E-state index in [0.29, 0.717) is 24.6 Å². The van der Waals surface area contributed by atoms with E-state index in [4.69, 9.17) is 0 Å². The van der Waals surface area contributed by atoms with Crippen molar-refractivity contribution in [3.05, 3.63) is 18.1 Å². The lowest BCUT2D eigenvalue weighted by molar-refractivity contribution is -0.144. The molecule has 1 saturated carbocycles. The number of hydrogen-bond donors (Lipinski definition) is 2. The topological polar surface area (TPSA) is 75.1 Å². The Balaban J connectivity index is 2.20. The monoisotopic (exact) mass is 277 g/mol. The molecule has 2 rings (SSSR count). The highest BCUT2D eigenvalue weighted by atomic mass is 16.4. The smallest absolute Gasteiger partial charge is 0.329 e. The number of aryl methyl sites for hydroxylation is 1. The van der Waals surface area contributed by atoms with Gasteiger partial charge in [0, 0.05) is 11.8 Å². The molecule has 2 N–H and O–H groups in total. The number of nitrogens with zero attached hydrogens (tertiary/aromatic N) is 2. The number of carboxylic acids is 1. The van der Waals surface area contributed by atoms with Gasteiger partial charge in [-0.15, -0.1) is 0 Å². The quantitative estimate of drug-likeness (QED) is 0.865. The van der Waals surface area contributed by atoms with Gasteiger partial charge in [-0.2, -0.15) is 0 Å². The number of anilines is 1. The van der Waals surface area contributed by atoms with Crippen molar-refractivity contribution in [1.82, 2.24) is 9.97 Å². The highest BCUT2D eigenvalue weighted by Gasteiger charge is 2.42. The standard InChI is InChI=1S/C15H23N3O2/c1-3-5-12-8-13(17-10-16-12)18-15(14(19)20)7-4-6-11(2)9-15/h8,10-11H,3-7,9H2,1-2H3,(H,19,20)(H,16,17,18). The summed E-state index contributed by atoms with van der Waals surface area (Å²) >= 11 is 0. The molecule has 1 fully saturated rings. The Morgan fingerprint density at radius 1 is 1.55 bits per heavy atom. The average Bonchev–Trinajstić information content (AvgIpc) is 2.39. The zero-order chi connectivity index (χ0) is 14.6. The number of aliphatic carboxylic acids is 1. The number of nitrogens with one attached hydrogen (secondary N) is 1. The summed E-state index contributed by atoms with van der Waals surface area (Å²) in [5, 5.41) is 12.8. The maximum atomic E-state index is 11.7. The molecule has 110 valence electrons. The van der Waals surface area contributed by atoms with E-state index >= 15 is 0 Å². The lowest BCUT2D eigenvalue weighted by Gasteiger charge is -2.37. The Hall–Kier alpha value is -1.65. The molecular formula is C15H23N3O2. The number of rotatable bonds is 5. The molecule has 0 aromatic carbocycles. The Bertz CT molecular complexity index is 478. The van der Waals surface area contributed by atoms with E-state index in [9.17, 15) is 9.90 Å². The minimum atomic E-state index is -0.879. The van der Waals surface area contributed by atoms with E-state index in [1.807, 2.05) is 6.07 Å². The molecule has 0 spiro atoms. The van der Waals surface area contributed by atoms with Gasteiger partial charge in [0.25, 0.3) is 0 Å². The van der Waals surface area contributed by atoms with Crippen molar-refractivity contribution in [2.45, 2.75) is 57.9 Å². The van der Waals surface area contributed by atoms with Crippen LogP contribution in [0.15, 0.2) is 12.4 Å². The van der Waals surface area contributed by atoms with Gasteiger partial charge < -0.3 is 10.4 Å². The third-order valence-corrected chi connectivity index (χ3v) is 4.00. The molecule has 0 amide bonds. The minimum absolute atomic E-state index is 0.421. The lowest BCUT2D eigenvalue weighted by atomic mass is 9.76. The van der Waals surface area contributed by atoms with Crippen LogP contribution in [0, 0.1) is 5.92 Å². The number of carbonyl (C=O) groups is 1. The fourth-order valence-electron chi connectivity index (χ4n) is 3.02. The first-order chi connectivity index (χ1) is 9.55. The number of carboxylic acid groups (broad SMARTS) is 1. The molecule has 0 radical (unpaired) electrons. The van der Waals surface area contributed by atoms with Gasteiger partial charge >= 0.3 is 5.97 Å². The maximum Gasteiger partial charge on any atom is 0.329 e. The first kappa shape index (κ1) is 14.8. The second-order valence-corrected chi connectivity index (χ2v) is 5.86. The molecule has 0 bridgehead atoms. The first-order valence-corrected chi connectivity index (χ1v) is 7.38. The SMILES string of the molecule is CCCc1cc(NC2(C(=O)O)CCCC(C)C2)ncn1. The fourth-order valence-corrected chi connectivity index (χ4v) is 3.02. The molecule has 2 unspecified atom stereocenters. The van der Waals surface area contributed by atoms with Crippen LogP contribution in [-0.2, 0) is 11.2 Å². The van der Waals surface area contributed by atoms with Crippen LogP contribution in [0.2, 0.25) is 0 Å². The van der Waals surface area contributed by atoms with Crippen LogP contribution in [0.25, 0.3) is 0 Å². The summed E-state index contributed by atoms with van der Waals surface area (Å²) in [5.41, 5.74) is 0.0737. The van der Waals surface area contributed by atoms with Gasteiger partial charge in [-0.05, 0) is 25.2 Å². The van der Waals surface area contributed by atoms with Crippen LogP contribution in [0.3, 0.4) is 0 Å². The summed E-state index contributed by atoms with van der Waals surface area (Å²) in [6, 6.07) is 1.87. The molecule has 2 atom stereocenters. The molecule has 1 aliphatic rings. The molecule has 5 heteroatoms. The van der Waals surface area contributed by atoms with E-state index in [0.717, 1.165) is 31.4 Å². The van der Waals surface area contributed by atoms with Crippen LogP contribution in [0.4, 0.5) is 5.82 Å². The predicted octanol–water partition coefficient (Wildman–Crippen LogP) is 2.87. The van der Waals surface area contributed by atoms with Crippen molar-refractivity contribution in [1.29, 1.82) is 0 Å². The summed E-state index contributed by atoms with van der Waals surface area (Å²) in [4.78, 5) is 20.1. The predicted molar refractivity (Wildman–Crippen MR) is 77.6 cm³/mol. The normalized spacial score (nSPS) is 26.2. The minimum Gasteiger partial charge on any atom is -0.480 e. The van der Waals surface area contributed by atoms with Gasteiger partial charge in [0.05, 0.1) is 0 Å². The molecule has 20 heavy (non-hydrogen) atoms. The molecule has 1 aliphatic carbocycles. The van der Waals surface area contributed by atoms with Gasteiger partial charge in [0.2, 0.25) is 0 Å². The van der Waals surface area contributed by atoms with Crippen LogP contribution in [0.5, 0.6) is 0 Å². The molecule has 0 aliphatic heterocycles. The van der Waals surface area contributed by atoms with Gasteiger partial charge in [-0.1, -0.05) is 33.1 Å². The van der Waals surface area contributed by atoms with E-state index in [-0.39, 0.29) is 0 Å². The van der Waals surface area contributed by atoms with Crippen molar-refractivity contribution < 1.29 is 9.90 Å². The molecule has 1 aromatic heterocycles. The van der Waals surface area contributed by atoms with E-state index in [2.05, 4.69) is 29.1 Å². The second-order valence-electron chi connectivity index (χ2n) is 5.86. The molecule has 1 heterocycles. The Kier molecular flexibility index (Phi) is 4.57. The van der Waals surface area contributed by atoms with Crippen molar-refractivity contribution in [2.24, 2.45) is 5.92 Å². The Labute approximate surface area is 119 Å².